The van der Waals surface area contributed by atoms with E-state index >= 15 is 0 Å². The first kappa shape index (κ1) is 35.8. The lowest BCUT2D eigenvalue weighted by Crippen LogP contribution is -2.44. The first-order valence-corrected chi connectivity index (χ1v) is 16.0. The van der Waals surface area contributed by atoms with Crippen LogP contribution in [-0.4, -0.2) is 81.8 Å². The Morgan fingerprint density at radius 3 is 2.88 bits per heavy atom. The minimum atomic E-state index is -0.866. The number of aliphatic hydroxyl groups excluding tert-OH is 1. The number of nitrogens with one attached hydrogen (secondary N) is 2. The molecular weight excluding hydrogens is 618 g/mol. The number of amides is 3. The molecule has 1 saturated heterocycles. The minimum absolute atomic E-state index is 0.0533. The molecule has 2 aliphatic heterocycles. The molecule has 5 unspecified atom stereocenters. The van der Waals surface area contributed by atoms with E-state index in [1.807, 2.05) is 6.92 Å². The number of pyridine rings is 1. The van der Waals surface area contributed by atoms with E-state index in [2.05, 4.69) is 27.2 Å². The molecule has 4 heterocycles. The molecular formula is C35H43N5O8. The Bertz CT molecular complexity index is 1550. The van der Waals surface area contributed by atoms with Gasteiger partial charge in [0.15, 0.2) is 11.6 Å². The summed E-state index contributed by atoms with van der Waals surface area (Å²) >= 11 is 0. The van der Waals surface area contributed by atoms with Gasteiger partial charge in [-0.05, 0) is 44.4 Å². The zero-order valence-corrected chi connectivity index (χ0v) is 27.5. The summed E-state index contributed by atoms with van der Waals surface area (Å²) in [6.07, 6.45) is 11.7. The van der Waals surface area contributed by atoms with Gasteiger partial charge in [-0.2, -0.15) is 0 Å². The number of aromatic nitrogens is 2. The number of anilines is 1. The number of rotatable bonds is 4. The molecule has 2 aliphatic rings. The van der Waals surface area contributed by atoms with Crippen molar-refractivity contribution in [1.82, 2.24) is 20.2 Å². The van der Waals surface area contributed by atoms with Crippen molar-refractivity contribution < 1.29 is 38.2 Å². The third kappa shape index (κ3) is 10.5. The predicted molar refractivity (Wildman–Crippen MR) is 176 cm³/mol. The van der Waals surface area contributed by atoms with E-state index in [-0.39, 0.29) is 43.5 Å². The van der Waals surface area contributed by atoms with Gasteiger partial charge in [-0.25, -0.2) is 14.6 Å². The molecule has 48 heavy (non-hydrogen) atoms. The van der Waals surface area contributed by atoms with Crippen LogP contribution in [0.1, 0.15) is 56.4 Å². The maximum atomic E-state index is 13.7. The van der Waals surface area contributed by atoms with Crippen LogP contribution in [0.4, 0.5) is 10.5 Å². The van der Waals surface area contributed by atoms with E-state index < -0.39 is 48.1 Å². The molecule has 13 nitrogen and oxygen atoms in total. The lowest BCUT2D eigenvalue weighted by molar-refractivity contribution is -0.159. The SMILES string of the molecule is C=C1Cc2nc(co2)C(=O)N2CCCC2C(=O)OC(C(C)COC(=O)Nc2cccnc2)C(C)/C=C/C(=O)NC/C=C/C(C)=C/C(O)C1. The molecule has 3 N–H and O–H groups in total. The van der Waals surface area contributed by atoms with Crippen LogP contribution in [0, 0.1) is 11.8 Å². The van der Waals surface area contributed by atoms with Crippen molar-refractivity contribution in [3.05, 3.63) is 90.5 Å². The summed E-state index contributed by atoms with van der Waals surface area (Å²) in [7, 11) is 0. The van der Waals surface area contributed by atoms with Crippen LogP contribution < -0.4 is 10.6 Å². The number of cyclic esters (lactones) is 1. The van der Waals surface area contributed by atoms with Gasteiger partial charge in [0, 0.05) is 37.5 Å². The molecule has 0 spiro atoms. The molecule has 0 saturated carbocycles. The maximum absolute atomic E-state index is 13.7. The van der Waals surface area contributed by atoms with E-state index in [1.165, 1.54) is 23.4 Å². The van der Waals surface area contributed by atoms with Gasteiger partial charge in [-0.15, -0.1) is 0 Å². The molecule has 1 fully saturated rings. The Morgan fingerprint density at radius 2 is 2.10 bits per heavy atom. The average Bonchev–Trinajstić information content (AvgIpc) is 3.73. The zero-order valence-electron chi connectivity index (χ0n) is 27.5. The molecule has 2 aromatic rings. The maximum Gasteiger partial charge on any atom is 0.411 e. The topological polar surface area (TPSA) is 173 Å². The average molecular weight is 662 g/mol. The van der Waals surface area contributed by atoms with Crippen LogP contribution in [-0.2, 0) is 25.5 Å². The summed E-state index contributed by atoms with van der Waals surface area (Å²) in [5, 5.41) is 15.9. The summed E-state index contributed by atoms with van der Waals surface area (Å²) < 4.78 is 17.0. The number of ether oxygens (including phenoxy) is 2. The number of allylic oxidation sites excluding steroid dienone is 2. The third-order valence-corrected chi connectivity index (χ3v) is 7.95. The van der Waals surface area contributed by atoms with Gasteiger partial charge in [-0.3, -0.25) is 19.9 Å². The summed E-state index contributed by atoms with van der Waals surface area (Å²) in [6, 6.07) is 2.47. The van der Waals surface area contributed by atoms with Crippen LogP contribution in [0.15, 0.2) is 83.3 Å². The first-order valence-electron chi connectivity index (χ1n) is 16.0. The molecule has 5 atom stereocenters. The highest BCUT2D eigenvalue weighted by molar-refractivity contribution is 5.95. The van der Waals surface area contributed by atoms with E-state index in [9.17, 15) is 24.3 Å². The Balaban J connectivity index is 1.54. The number of fused-ring (bicyclic) bond motifs is 3. The quantitative estimate of drug-likeness (QED) is 0.319. The van der Waals surface area contributed by atoms with E-state index in [4.69, 9.17) is 13.9 Å². The summed E-state index contributed by atoms with van der Waals surface area (Å²) in [4.78, 5) is 61.9. The monoisotopic (exact) mass is 661 g/mol. The number of aliphatic hydroxyl groups is 1. The van der Waals surface area contributed by atoms with Crippen molar-refractivity contribution in [3.63, 3.8) is 0 Å². The fourth-order valence-electron chi connectivity index (χ4n) is 5.55. The minimum Gasteiger partial charge on any atom is -0.460 e. The Morgan fingerprint density at radius 1 is 1.29 bits per heavy atom. The number of carbonyl (C=O) groups is 4. The molecule has 256 valence electrons. The van der Waals surface area contributed by atoms with Gasteiger partial charge in [0.05, 0.1) is 24.6 Å². The van der Waals surface area contributed by atoms with E-state index in [1.54, 1.807) is 56.5 Å². The fraction of sp³-hybridized carbons (Fsp3) is 0.429. The molecule has 0 radical (unpaired) electrons. The van der Waals surface area contributed by atoms with E-state index in [0.29, 0.717) is 30.6 Å². The largest absolute Gasteiger partial charge is 0.460 e. The lowest BCUT2D eigenvalue weighted by Gasteiger charge is -2.30. The van der Waals surface area contributed by atoms with Crippen molar-refractivity contribution in [2.75, 3.05) is 25.0 Å². The fourth-order valence-corrected chi connectivity index (χ4v) is 5.55. The van der Waals surface area contributed by atoms with Gasteiger partial charge in [0.2, 0.25) is 5.91 Å². The number of nitrogens with zero attached hydrogens (tertiary/aromatic N) is 3. The van der Waals surface area contributed by atoms with Crippen LogP contribution >= 0.6 is 0 Å². The van der Waals surface area contributed by atoms with E-state index in [0.717, 1.165) is 5.57 Å². The van der Waals surface area contributed by atoms with Crippen molar-refractivity contribution in [3.8, 4) is 0 Å². The highest BCUT2D eigenvalue weighted by atomic mass is 16.6. The van der Waals surface area contributed by atoms with Crippen LogP contribution in [0.2, 0.25) is 0 Å². The second-order valence-electron chi connectivity index (χ2n) is 12.1. The first-order chi connectivity index (χ1) is 23.0. The second kappa shape index (κ2) is 17.2. The van der Waals surface area contributed by atoms with Crippen molar-refractivity contribution in [2.45, 2.75) is 64.7 Å². The molecule has 0 aliphatic carbocycles. The summed E-state index contributed by atoms with van der Waals surface area (Å²) in [5.41, 5.74) is 1.97. The number of esters is 1. The summed E-state index contributed by atoms with van der Waals surface area (Å²) in [5.74, 6) is -2.13. The number of carbonyl (C=O) groups excluding carboxylic acids is 4. The molecule has 2 bridgehead atoms. The Hall–Kier alpha value is -5.04. The van der Waals surface area contributed by atoms with Gasteiger partial charge in [0.1, 0.15) is 18.4 Å². The molecule has 0 aromatic carbocycles. The van der Waals surface area contributed by atoms with Gasteiger partial charge >= 0.3 is 12.1 Å². The van der Waals surface area contributed by atoms with Gasteiger partial charge in [0.25, 0.3) is 5.91 Å². The predicted octanol–water partition coefficient (Wildman–Crippen LogP) is 4.15. The van der Waals surface area contributed by atoms with Crippen molar-refractivity contribution in [2.24, 2.45) is 11.8 Å². The van der Waals surface area contributed by atoms with Gasteiger partial charge < -0.3 is 29.2 Å². The molecule has 13 heteroatoms. The molecule has 2 aromatic heterocycles. The van der Waals surface area contributed by atoms with Crippen molar-refractivity contribution in [1.29, 1.82) is 0 Å². The third-order valence-electron chi connectivity index (χ3n) is 7.95. The second-order valence-corrected chi connectivity index (χ2v) is 12.1. The van der Waals surface area contributed by atoms with Crippen LogP contribution in [0.5, 0.6) is 0 Å². The van der Waals surface area contributed by atoms with Crippen LogP contribution in [0.3, 0.4) is 0 Å². The normalized spacial score (nSPS) is 26.2. The molecule has 3 amide bonds. The van der Waals surface area contributed by atoms with Crippen LogP contribution in [0.25, 0.3) is 0 Å². The number of hydrogen-bond donors (Lipinski definition) is 3. The van der Waals surface area contributed by atoms with Crippen molar-refractivity contribution >= 4 is 29.6 Å². The highest BCUT2D eigenvalue weighted by Crippen LogP contribution is 2.26. The number of oxazole rings is 1. The summed E-state index contributed by atoms with van der Waals surface area (Å²) in [6.45, 7) is 9.88. The lowest BCUT2D eigenvalue weighted by atomic mass is 9.93. The Kier molecular flexibility index (Phi) is 12.8. The molecule has 4 rings (SSSR count). The standard InChI is InChI=1S/C35H43N5O8/c1-22-8-5-14-37-30(42)12-11-24(3)32(25(4)20-47-35(45)38-26-9-6-13-36-19-26)48-34(44)29-10-7-15-40(29)33(43)28-21-46-31(39-28)18-23(2)17-27(41)16-22/h5-6,8-9,11-13,16,19,21,24-25,27,29,32,41H,2,7,10,14-15,17-18,20H2,1,3-4H3,(H,37,42)(H,38,45)/b8-5+,12-11+,22-16+. The number of hydrogen-bond acceptors (Lipinski definition) is 10. The van der Waals surface area contributed by atoms with Gasteiger partial charge in [-0.1, -0.05) is 55.9 Å². The Labute approximate surface area is 279 Å². The highest BCUT2D eigenvalue weighted by Gasteiger charge is 2.39. The zero-order chi connectivity index (χ0) is 34.6. The smallest absolute Gasteiger partial charge is 0.411 e.